The van der Waals surface area contributed by atoms with E-state index >= 15 is 0 Å². The third-order valence-corrected chi connectivity index (χ3v) is 2.70. The summed E-state index contributed by atoms with van der Waals surface area (Å²) in [6.45, 7) is 0. The molecule has 4 N–H and O–H groups in total. The van der Waals surface area contributed by atoms with Gasteiger partial charge in [-0.25, -0.2) is 0 Å². The van der Waals surface area contributed by atoms with Gasteiger partial charge < -0.3 is 0 Å². The zero-order valence-corrected chi connectivity index (χ0v) is 9.46. The quantitative estimate of drug-likeness (QED) is 0.624. The van der Waals surface area contributed by atoms with Gasteiger partial charge in [0, 0.05) is 11.9 Å². The Bertz CT molecular complexity index is 408. The maximum atomic E-state index is 12.3. The summed E-state index contributed by atoms with van der Waals surface area (Å²) in [6.07, 6.45) is -3.71. The first-order chi connectivity index (χ1) is 7.30. The van der Waals surface area contributed by atoms with Crippen molar-refractivity contribution >= 4 is 28.5 Å². The first-order valence-corrected chi connectivity index (χ1v) is 5.39. The summed E-state index contributed by atoms with van der Waals surface area (Å²) in [5.74, 6) is 0.235. The van der Waals surface area contributed by atoms with Crippen molar-refractivity contribution in [3.8, 4) is 0 Å². The highest BCUT2D eigenvalue weighted by molar-refractivity contribution is 8.12. The van der Waals surface area contributed by atoms with Gasteiger partial charge in [-0.15, -0.1) is 0 Å². The number of alkyl halides is 3. The molecule has 1 heterocycles. The van der Waals surface area contributed by atoms with Crippen LogP contribution >= 0.6 is 23.4 Å². The van der Waals surface area contributed by atoms with E-state index in [0.29, 0.717) is 5.69 Å². The third kappa shape index (κ3) is 3.57. The van der Waals surface area contributed by atoms with Crippen LogP contribution in [0.4, 0.5) is 13.2 Å². The lowest BCUT2D eigenvalue weighted by atomic mass is 10.2. The number of nitrogens with two attached hydrogens (primary N) is 2. The number of pyridine rings is 1. The maximum Gasteiger partial charge on any atom is 0.417 e. The molecule has 1 aromatic rings. The van der Waals surface area contributed by atoms with E-state index in [9.17, 15) is 13.2 Å². The van der Waals surface area contributed by atoms with Gasteiger partial charge in [-0.2, -0.15) is 13.2 Å². The number of thioether (sulfide) groups is 1. The average molecular weight is 271 g/mol. The van der Waals surface area contributed by atoms with Crippen molar-refractivity contribution in [2.45, 2.75) is 11.9 Å². The topological polar surface area (TPSA) is 64.5 Å². The molecule has 0 fully saturated rings. The van der Waals surface area contributed by atoms with Gasteiger partial charge in [0.15, 0.2) is 0 Å². The molecule has 0 bridgehead atoms. The van der Waals surface area contributed by atoms with E-state index in [1.165, 1.54) is 0 Å². The van der Waals surface area contributed by atoms with Crippen LogP contribution in [0, 0.1) is 0 Å². The van der Waals surface area contributed by atoms with Crippen molar-refractivity contribution in [3.63, 3.8) is 0 Å². The molecule has 1 aromatic heterocycles. The molecule has 0 aliphatic carbocycles. The van der Waals surface area contributed by atoms with E-state index in [0.717, 1.165) is 24.0 Å². The van der Waals surface area contributed by atoms with E-state index in [4.69, 9.17) is 22.7 Å². The molecule has 3 nitrogen and oxygen atoms in total. The van der Waals surface area contributed by atoms with Gasteiger partial charge in [0.2, 0.25) is 0 Å². The normalized spacial score (nSPS) is 11.5. The Labute approximate surface area is 98.7 Å². The predicted octanol–water partition coefficient (Wildman–Crippen LogP) is 1.06. The second-order valence-corrected chi connectivity index (χ2v) is 4.30. The zero-order chi connectivity index (χ0) is 12.3. The fraction of sp³-hybridized carbons (Fsp3) is 0.250. The Morgan fingerprint density at radius 1 is 1.56 bits per heavy atom. The number of hydrogen-bond acceptors (Lipinski definition) is 2. The van der Waals surface area contributed by atoms with Crippen molar-refractivity contribution < 1.29 is 18.6 Å². The number of nitrogens with zero attached hydrogens (tertiary/aromatic N) is 1. The molecule has 8 heteroatoms. The fourth-order valence-corrected chi connectivity index (χ4v) is 1.72. The monoisotopic (exact) mass is 270 g/mol. The van der Waals surface area contributed by atoms with Crippen LogP contribution in [0.15, 0.2) is 12.3 Å². The van der Waals surface area contributed by atoms with E-state index in [2.05, 4.69) is 4.98 Å². The standard InChI is InChI=1S/C8H7ClF3N3S/c9-5-1-4(8(10,11)12)2-15-6(5)3-16-7(13)14/h1-2H,3H2,(H3,13,14)/p+1. The van der Waals surface area contributed by atoms with Crippen LogP contribution in [0.25, 0.3) is 0 Å². The second kappa shape index (κ2) is 4.92. The second-order valence-electron chi connectivity index (χ2n) is 2.84. The highest BCUT2D eigenvalue weighted by Crippen LogP contribution is 2.31. The number of aromatic nitrogens is 1. The van der Waals surface area contributed by atoms with Gasteiger partial charge in [-0.05, 0) is 17.8 Å². The van der Waals surface area contributed by atoms with Crippen molar-refractivity contribution in [2.24, 2.45) is 5.73 Å². The van der Waals surface area contributed by atoms with E-state index in [-0.39, 0.29) is 15.9 Å². The first kappa shape index (κ1) is 13.1. The van der Waals surface area contributed by atoms with E-state index < -0.39 is 11.7 Å². The molecule has 16 heavy (non-hydrogen) atoms. The summed E-state index contributed by atoms with van der Waals surface area (Å²) < 4.78 is 36.8. The van der Waals surface area contributed by atoms with E-state index in [1.54, 1.807) is 0 Å². The molecule has 0 aliphatic rings. The van der Waals surface area contributed by atoms with E-state index in [1.807, 2.05) is 0 Å². The Morgan fingerprint density at radius 2 is 2.19 bits per heavy atom. The highest BCUT2D eigenvalue weighted by Gasteiger charge is 2.31. The van der Waals surface area contributed by atoms with Crippen molar-refractivity contribution in [3.05, 3.63) is 28.5 Å². The molecule has 0 saturated carbocycles. The van der Waals surface area contributed by atoms with Crippen molar-refractivity contribution in [2.75, 3.05) is 0 Å². The lowest BCUT2D eigenvalue weighted by Crippen LogP contribution is -2.43. The van der Waals surface area contributed by atoms with Crippen LogP contribution in [0.2, 0.25) is 5.02 Å². The minimum Gasteiger partial charge on any atom is -0.282 e. The van der Waals surface area contributed by atoms with Crippen LogP contribution in [-0.2, 0) is 11.9 Å². The van der Waals surface area contributed by atoms with Gasteiger partial charge in [-0.1, -0.05) is 11.6 Å². The molecule has 0 aromatic carbocycles. The molecular formula is C8H8ClF3N3S+. The first-order valence-electron chi connectivity index (χ1n) is 4.03. The minimum absolute atomic E-state index is 0.0522. The summed E-state index contributed by atoms with van der Waals surface area (Å²) in [6, 6.07) is 0.831. The largest absolute Gasteiger partial charge is 0.417 e. The van der Waals surface area contributed by atoms with Crippen molar-refractivity contribution in [1.29, 1.82) is 0 Å². The van der Waals surface area contributed by atoms with Crippen molar-refractivity contribution in [1.82, 2.24) is 4.98 Å². The fourth-order valence-electron chi connectivity index (χ4n) is 0.879. The van der Waals surface area contributed by atoms with Gasteiger partial charge in [0.05, 0.1) is 16.3 Å². The van der Waals surface area contributed by atoms with Crippen LogP contribution in [-0.4, -0.2) is 10.2 Å². The Morgan fingerprint density at radius 3 is 2.62 bits per heavy atom. The summed E-state index contributed by atoms with van der Waals surface area (Å²) in [4.78, 5) is 3.62. The molecule has 88 valence electrons. The van der Waals surface area contributed by atoms with Gasteiger partial charge in [0.25, 0.3) is 5.17 Å². The summed E-state index contributed by atoms with van der Waals surface area (Å²) >= 11 is 6.71. The highest BCUT2D eigenvalue weighted by atomic mass is 35.5. The van der Waals surface area contributed by atoms with Crippen LogP contribution in [0.1, 0.15) is 11.3 Å². The molecule has 0 radical (unpaired) electrons. The SMILES string of the molecule is NC(=[NH2+])SCc1ncc(C(F)(F)F)cc1Cl. The van der Waals surface area contributed by atoms with Gasteiger partial charge in [-0.3, -0.25) is 16.1 Å². The lowest BCUT2D eigenvalue weighted by molar-refractivity contribution is -0.137. The average Bonchev–Trinajstić information content (AvgIpc) is 2.14. The number of amidine groups is 1. The number of halogens is 4. The minimum atomic E-state index is -4.44. The number of hydrogen-bond donors (Lipinski definition) is 2. The molecule has 0 spiro atoms. The lowest BCUT2D eigenvalue weighted by Gasteiger charge is -2.08. The molecular weight excluding hydrogens is 263 g/mol. The smallest absolute Gasteiger partial charge is 0.282 e. The Hall–Kier alpha value is -0.950. The molecule has 1 rings (SSSR count). The number of rotatable bonds is 2. The van der Waals surface area contributed by atoms with Gasteiger partial charge in [0.1, 0.15) is 0 Å². The Kier molecular flexibility index (Phi) is 4.03. The van der Waals surface area contributed by atoms with Crippen LogP contribution < -0.4 is 11.1 Å². The maximum absolute atomic E-state index is 12.3. The molecule has 0 aliphatic heterocycles. The Balaban J connectivity index is 2.88. The van der Waals surface area contributed by atoms with Crippen LogP contribution in [0.5, 0.6) is 0 Å². The third-order valence-electron chi connectivity index (χ3n) is 1.62. The molecule has 0 unspecified atom stereocenters. The molecule has 0 amide bonds. The summed E-state index contributed by atoms with van der Waals surface area (Å²) in [5.41, 5.74) is 4.63. The summed E-state index contributed by atoms with van der Waals surface area (Å²) in [7, 11) is 0. The molecule has 0 saturated heterocycles. The summed E-state index contributed by atoms with van der Waals surface area (Å²) in [5, 5.41) is 5.25. The van der Waals surface area contributed by atoms with Crippen LogP contribution in [0.3, 0.4) is 0 Å². The van der Waals surface area contributed by atoms with Gasteiger partial charge >= 0.3 is 6.18 Å². The molecule has 0 atom stereocenters. The predicted molar refractivity (Wildman–Crippen MR) is 56.7 cm³/mol. The zero-order valence-electron chi connectivity index (χ0n) is 7.88.